The third-order valence-corrected chi connectivity index (χ3v) is 3.90. The summed E-state index contributed by atoms with van der Waals surface area (Å²) >= 11 is 0. The van der Waals surface area contributed by atoms with E-state index in [0.29, 0.717) is 5.95 Å². The van der Waals surface area contributed by atoms with Crippen LogP contribution in [0.25, 0.3) is 11.3 Å². The molecule has 0 radical (unpaired) electrons. The first kappa shape index (κ1) is 18.7. The van der Waals surface area contributed by atoms with Gasteiger partial charge in [0.1, 0.15) is 11.6 Å². The number of ether oxygens (including phenoxy) is 1. The molecule has 2 aromatic carbocycles. The summed E-state index contributed by atoms with van der Waals surface area (Å²) in [6.07, 6.45) is 0. The third kappa shape index (κ3) is 4.97. The molecule has 0 aliphatic carbocycles. The van der Waals surface area contributed by atoms with Gasteiger partial charge < -0.3 is 15.4 Å². The van der Waals surface area contributed by atoms with Crippen molar-refractivity contribution >= 4 is 17.5 Å². The average Bonchev–Trinajstić information content (AvgIpc) is 2.61. The van der Waals surface area contributed by atoms with Crippen molar-refractivity contribution < 1.29 is 4.74 Å². The lowest BCUT2D eigenvalue weighted by Crippen LogP contribution is -2.26. The summed E-state index contributed by atoms with van der Waals surface area (Å²) in [6.45, 7) is 8.36. The fourth-order valence-corrected chi connectivity index (χ4v) is 2.75. The van der Waals surface area contributed by atoms with Crippen LogP contribution in [0.4, 0.5) is 17.5 Å². The van der Waals surface area contributed by atoms with Crippen LogP contribution in [0, 0.1) is 6.92 Å². The number of anilines is 3. The molecular formula is C22H26N4O. The predicted octanol–water partition coefficient (Wildman–Crippen LogP) is 5.41. The van der Waals surface area contributed by atoms with Gasteiger partial charge in [0.2, 0.25) is 5.95 Å². The van der Waals surface area contributed by atoms with E-state index < -0.39 is 0 Å². The van der Waals surface area contributed by atoms with Crippen molar-refractivity contribution in [2.24, 2.45) is 0 Å². The summed E-state index contributed by atoms with van der Waals surface area (Å²) in [5.41, 5.74) is 3.75. The molecule has 1 heterocycles. The lowest BCUT2D eigenvalue weighted by atomic mass is 10.1. The Bertz CT molecular complexity index is 917. The van der Waals surface area contributed by atoms with E-state index in [9.17, 15) is 0 Å². The van der Waals surface area contributed by atoms with Crippen LogP contribution in [-0.4, -0.2) is 22.6 Å². The van der Waals surface area contributed by atoms with Gasteiger partial charge in [-0.05, 0) is 45.4 Å². The Kier molecular flexibility index (Phi) is 5.31. The first-order valence-electron chi connectivity index (χ1n) is 8.98. The summed E-state index contributed by atoms with van der Waals surface area (Å²) in [7, 11) is 1.66. The summed E-state index contributed by atoms with van der Waals surface area (Å²) in [5.74, 6) is 2.04. The molecule has 0 saturated heterocycles. The number of benzene rings is 2. The zero-order valence-corrected chi connectivity index (χ0v) is 16.5. The summed E-state index contributed by atoms with van der Waals surface area (Å²) < 4.78 is 5.46. The van der Waals surface area contributed by atoms with Gasteiger partial charge in [0.25, 0.3) is 0 Å². The molecule has 0 atom stereocenters. The van der Waals surface area contributed by atoms with Crippen LogP contribution in [0.5, 0.6) is 5.75 Å². The molecule has 140 valence electrons. The van der Waals surface area contributed by atoms with Gasteiger partial charge in [0.15, 0.2) is 0 Å². The molecule has 27 heavy (non-hydrogen) atoms. The highest BCUT2D eigenvalue weighted by Gasteiger charge is 2.14. The largest absolute Gasteiger partial charge is 0.495 e. The second-order valence-corrected chi connectivity index (χ2v) is 7.53. The van der Waals surface area contributed by atoms with E-state index >= 15 is 0 Å². The van der Waals surface area contributed by atoms with Gasteiger partial charge in [-0.25, -0.2) is 4.98 Å². The Labute approximate surface area is 160 Å². The SMILES string of the molecule is COc1ccc(C)cc1Nc1nc(NC(C)(C)C)cc(-c2ccccc2)n1. The van der Waals surface area contributed by atoms with E-state index in [-0.39, 0.29) is 5.54 Å². The van der Waals surface area contributed by atoms with Gasteiger partial charge in [-0.1, -0.05) is 36.4 Å². The molecule has 0 fully saturated rings. The number of hydrogen-bond acceptors (Lipinski definition) is 5. The molecule has 0 unspecified atom stereocenters. The van der Waals surface area contributed by atoms with Gasteiger partial charge in [0.05, 0.1) is 18.5 Å². The fourth-order valence-electron chi connectivity index (χ4n) is 2.75. The summed E-state index contributed by atoms with van der Waals surface area (Å²) in [6, 6.07) is 18.0. The minimum Gasteiger partial charge on any atom is -0.495 e. The van der Waals surface area contributed by atoms with Crippen molar-refractivity contribution in [1.29, 1.82) is 0 Å². The van der Waals surface area contributed by atoms with E-state index in [0.717, 1.165) is 34.1 Å². The van der Waals surface area contributed by atoms with Gasteiger partial charge >= 0.3 is 0 Å². The maximum atomic E-state index is 5.46. The highest BCUT2D eigenvalue weighted by Crippen LogP contribution is 2.29. The van der Waals surface area contributed by atoms with Crippen LogP contribution in [0.2, 0.25) is 0 Å². The standard InChI is InChI=1S/C22H26N4O/c1-15-11-12-19(27-5)18(13-15)24-21-23-17(16-9-7-6-8-10-16)14-20(25-21)26-22(2,3)4/h6-14H,1-5H3,(H2,23,24,25,26). The molecule has 0 saturated carbocycles. The first-order chi connectivity index (χ1) is 12.8. The molecule has 0 bridgehead atoms. The number of nitrogens with one attached hydrogen (secondary N) is 2. The second-order valence-electron chi connectivity index (χ2n) is 7.53. The van der Waals surface area contributed by atoms with Crippen LogP contribution in [0.3, 0.4) is 0 Å². The number of hydrogen-bond donors (Lipinski definition) is 2. The van der Waals surface area contributed by atoms with Crippen molar-refractivity contribution in [3.8, 4) is 17.0 Å². The Hall–Kier alpha value is -3.08. The van der Waals surface area contributed by atoms with E-state index in [2.05, 4.69) is 36.4 Å². The van der Waals surface area contributed by atoms with E-state index in [1.807, 2.05) is 61.5 Å². The zero-order valence-electron chi connectivity index (χ0n) is 16.5. The normalized spacial score (nSPS) is 11.1. The molecule has 5 nitrogen and oxygen atoms in total. The Morgan fingerprint density at radius 1 is 0.926 bits per heavy atom. The second kappa shape index (κ2) is 7.66. The number of methoxy groups -OCH3 is 1. The maximum Gasteiger partial charge on any atom is 0.229 e. The fraction of sp³-hybridized carbons (Fsp3) is 0.273. The number of rotatable bonds is 5. The van der Waals surface area contributed by atoms with Crippen molar-refractivity contribution in [2.45, 2.75) is 33.2 Å². The Morgan fingerprint density at radius 3 is 2.33 bits per heavy atom. The van der Waals surface area contributed by atoms with Gasteiger partial charge in [-0.15, -0.1) is 0 Å². The molecule has 3 aromatic rings. The number of aryl methyl sites for hydroxylation is 1. The number of aromatic nitrogens is 2. The Balaban J connectivity index is 2.04. The van der Waals surface area contributed by atoms with Crippen LogP contribution >= 0.6 is 0 Å². The van der Waals surface area contributed by atoms with Crippen molar-refractivity contribution in [2.75, 3.05) is 17.7 Å². The Morgan fingerprint density at radius 2 is 1.67 bits per heavy atom. The lowest BCUT2D eigenvalue weighted by molar-refractivity contribution is 0.416. The van der Waals surface area contributed by atoms with Gasteiger partial charge in [-0.2, -0.15) is 4.98 Å². The van der Waals surface area contributed by atoms with E-state index in [1.54, 1.807) is 7.11 Å². The van der Waals surface area contributed by atoms with Crippen LogP contribution < -0.4 is 15.4 Å². The van der Waals surface area contributed by atoms with Crippen molar-refractivity contribution in [1.82, 2.24) is 9.97 Å². The van der Waals surface area contributed by atoms with E-state index in [1.165, 1.54) is 0 Å². The topological polar surface area (TPSA) is 59.1 Å². The highest BCUT2D eigenvalue weighted by atomic mass is 16.5. The molecule has 5 heteroatoms. The average molecular weight is 362 g/mol. The van der Waals surface area contributed by atoms with Gasteiger partial charge in [-0.3, -0.25) is 0 Å². The lowest BCUT2D eigenvalue weighted by Gasteiger charge is -2.22. The molecule has 3 rings (SSSR count). The smallest absolute Gasteiger partial charge is 0.229 e. The van der Waals surface area contributed by atoms with Crippen LogP contribution in [0.15, 0.2) is 54.6 Å². The molecular weight excluding hydrogens is 336 g/mol. The maximum absolute atomic E-state index is 5.46. The first-order valence-corrected chi connectivity index (χ1v) is 8.98. The zero-order chi connectivity index (χ0) is 19.4. The van der Waals surface area contributed by atoms with Crippen LogP contribution in [0.1, 0.15) is 26.3 Å². The molecule has 1 aromatic heterocycles. The van der Waals surface area contributed by atoms with Gasteiger partial charge in [0, 0.05) is 17.2 Å². The molecule has 2 N–H and O–H groups in total. The number of nitrogens with zero attached hydrogens (tertiary/aromatic N) is 2. The van der Waals surface area contributed by atoms with E-state index in [4.69, 9.17) is 9.72 Å². The summed E-state index contributed by atoms with van der Waals surface area (Å²) in [5, 5.41) is 6.75. The quantitative estimate of drug-likeness (QED) is 0.635. The molecule has 0 amide bonds. The predicted molar refractivity (Wildman–Crippen MR) is 112 cm³/mol. The minimum atomic E-state index is -0.111. The van der Waals surface area contributed by atoms with Crippen molar-refractivity contribution in [3.63, 3.8) is 0 Å². The summed E-state index contributed by atoms with van der Waals surface area (Å²) in [4.78, 5) is 9.37. The molecule has 0 aliphatic rings. The highest BCUT2D eigenvalue weighted by molar-refractivity contribution is 5.68. The molecule has 0 spiro atoms. The van der Waals surface area contributed by atoms with Crippen LogP contribution in [-0.2, 0) is 0 Å². The van der Waals surface area contributed by atoms with Crippen molar-refractivity contribution in [3.05, 3.63) is 60.2 Å². The minimum absolute atomic E-state index is 0.111. The monoisotopic (exact) mass is 362 g/mol. The molecule has 0 aliphatic heterocycles. The third-order valence-electron chi connectivity index (χ3n) is 3.90.